The van der Waals surface area contributed by atoms with Crippen molar-refractivity contribution in [1.82, 2.24) is 0 Å². The zero-order chi connectivity index (χ0) is 15.3. The first-order chi connectivity index (χ1) is 9.45. The average molecular weight is 288 g/mol. The quantitative estimate of drug-likeness (QED) is 0.314. The topological polar surface area (TPSA) is 55.8 Å². The van der Waals surface area contributed by atoms with Gasteiger partial charge in [-0.1, -0.05) is 45.4 Å². The Bertz CT molecular complexity index is 233. The van der Waals surface area contributed by atoms with Crippen molar-refractivity contribution in [1.29, 1.82) is 0 Å². The fourth-order valence-electron chi connectivity index (χ4n) is 1.94. The molecule has 0 aromatic carbocycles. The molecular weight excluding hydrogens is 256 g/mol. The van der Waals surface area contributed by atoms with Crippen LogP contribution in [-0.2, 0) is 14.6 Å². The Morgan fingerprint density at radius 3 is 2.20 bits per heavy atom. The molecule has 4 nitrogen and oxygen atoms in total. The van der Waals surface area contributed by atoms with Crippen molar-refractivity contribution < 1.29 is 19.7 Å². The van der Waals surface area contributed by atoms with Gasteiger partial charge in [0.15, 0.2) is 0 Å². The van der Waals surface area contributed by atoms with Crippen molar-refractivity contribution in [2.24, 2.45) is 0 Å². The van der Waals surface area contributed by atoms with Crippen LogP contribution in [0.2, 0.25) is 0 Å². The van der Waals surface area contributed by atoms with Crippen LogP contribution >= 0.6 is 0 Å². The van der Waals surface area contributed by atoms with Gasteiger partial charge in [-0.05, 0) is 33.1 Å². The standard InChI is InChI=1S/C16H32O4/c1-4-5-6-7-8-9-10-12-15(17)20-19-14-11-13-16(2,3)18/h18H,4-14H2,1-3H3. The molecule has 0 fully saturated rings. The molecule has 0 unspecified atom stereocenters. The molecule has 0 aliphatic rings. The second-order valence-electron chi connectivity index (χ2n) is 6.06. The third-order valence-electron chi connectivity index (χ3n) is 3.15. The summed E-state index contributed by atoms with van der Waals surface area (Å²) in [6, 6.07) is 0. The lowest BCUT2D eigenvalue weighted by Crippen LogP contribution is -2.19. The van der Waals surface area contributed by atoms with E-state index in [-0.39, 0.29) is 5.97 Å². The first-order valence-corrected chi connectivity index (χ1v) is 8.00. The molecule has 4 heteroatoms. The molecule has 0 rings (SSSR count). The van der Waals surface area contributed by atoms with Crippen LogP contribution in [0.15, 0.2) is 0 Å². The molecule has 0 saturated heterocycles. The Morgan fingerprint density at radius 1 is 1.00 bits per heavy atom. The maximum absolute atomic E-state index is 11.3. The van der Waals surface area contributed by atoms with Crippen LogP contribution in [0.4, 0.5) is 0 Å². The molecule has 0 amide bonds. The smallest absolute Gasteiger partial charge is 0.342 e. The Morgan fingerprint density at radius 2 is 1.60 bits per heavy atom. The number of aliphatic hydroxyl groups is 1. The molecule has 0 radical (unpaired) electrons. The van der Waals surface area contributed by atoms with Crippen LogP contribution < -0.4 is 0 Å². The van der Waals surface area contributed by atoms with Gasteiger partial charge in [0, 0.05) is 6.42 Å². The van der Waals surface area contributed by atoms with Gasteiger partial charge in [-0.15, -0.1) is 0 Å². The monoisotopic (exact) mass is 288 g/mol. The molecule has 0 aliphatic heterocycles. The normalized spacial score (nSPS) is 11.6. The molecule has 120 valence electrons. The second-order valence-corrected chi connectivity index (χ2v) is 6.06. The molecule has 0 aromatic rings. The Hall–Kier alpha value is -0.610. The third-order valence-corrected chi connectivity index (χ3v) is 3.15. The number of hydrogen-bond acceptors (Lipinski definition) is 4. The number of carbonyl (C=O) groups excluding carboxylic acids is 1. The molecule has 0 bridgehead atoms. The highest BCUT2D eigenvalue weighted by Gasteiger charge is 2.11. The van der Waals surface area contributed by atoms with E-state index in [1.165, 1.54) is 32.1 Å². The van der Waals surface area contributed by atoms with Gasteiger partial charge in [0.05, 0.1) is 12.2 Å². The van der Waals surface area contributed by atoms with Crippen LogP contribution in [0.3, 0.4) is 0 Å². The fourth-order valence-corrected chi connectivity index (χ4v) is 1.94. The van der Waals surface area contributed by atoms with E-state index in [4.69, 9.17) is 4.89 Å². The van der Waals surface area contributed by atoms with Crippen LogP contribution in [0.1, 0.15) is 85.0 Å². The highest BCUT2D eigenvalue weighted by atomic mass is 17.2. The summed E-state index contributed by atoms with van der Waals surface area (Å²) in [6.45, 7) is 6.04. The fraction of sp³-hybridized carbons (Fsp3) is 0.938. The van der Waals surface area contributed by atoms with E-state index in [0.717, 1.165) is 12.8 Å². The van der Waals surface area contributed by atoms with Gasteiger partial charge >= 0.3 is 5.97 Å². The summed E-state index contributed by atoms with van der Waals surface area (Å²) in [5.74, 6) is -0.290. The average Bonchev–Trinajstić information content (AvgIpc) is 2.36. The van der Waals surface area contributed by atoms with Gasteiger partial charge in [0.2, 0.25) is 0 Å². The van der Waals surface area contributed by atoms with Gasteiger partial charge < -0.3 is 5.11 Å². The molecule has 0 heterocycles. The van der Waals surface area contributed by atoms with Crippen molar-refractivity contribution in [2.75, 3.05) is 6.61 Å². The number of rotatable bonds is 13. The van der Waals surface area contributed by atoms with E-state index in [1.54, 1.807) is 13.8 Å². The Kier molecular flexibility index (Phi) is 11.8. The molecule has 0 spiro atoms. The van der Waals surface area contributed by atoms with Crippen molar-refractivity contribution >= 4 is 5.97 Å². The molecule has 0 saturated carbocycles. The molecule has 0 aliphatic carbocycles. The molecule has 1 N–H and O–H groups in total. The van der Waals surface area contributed by atoms with E-state index in [1.807, 2.05) is 0 Å². The zero-order valence-electron chi connectivity index (χ0n) is 13.5. The summed E-state index contributed by atoms with van der Waals surface area (Å²) >= 11 is 0. The first-order valence-electron chi connectivity index (χ1n) is 8.00. The van der Waals surface area contributed by atoms with Gasteiger partial charge in [-0.25, -0.2) is 4.79 Å². The maximum atomic E-state index is 11.3. The second kappa shape index (κ2) is 12.2. The van der Waals surface area contributed by atoms with Crippen LogP contribution in [-0.4, -0.2) is 23.3 Å². The molecule has 0 atom stereocenters. The van der Waals surface area contributed by atoms with Crippen molar-refractivity contribution in [3.05, 3.63) is 0 Å². The summed E-state index contributed by atoms with van der Waals surface area (Å²) in [4.78, 5) is 20.9. The number of carbonyl (C=O) groups is 1. The van der Waals surface area contributed by atoms with Gasteiger partial charge in [-0.3, -0.25) is 4.89 Å². The van der Waals surface area contributed by atoms with E-state index >= 15 is 0 Å². The highest BCUT2D eigenvalue weighted by Crippen LogP contribution is 2.11. The summed E-state index contributed by atoms with van der Waals surface area (Å²) < 4.78 is 0. The Balaban J connectivity index is 3.25. The lowest BCUT2D eigenvalue weighted by molar-refractivity contribution is -0.273. The summed E-state index contributed by atoms with van der Waals surface area (Å²) in [6.07, 6.45) is 10.0. The SMILES string of the molecule is CCCCCCCCCC(=O)OOCCCC(C)(C)O. The van der Waals surface area contributed by atoms with Gasteiger partial charge in [0.1, 0.15) is 0 Å². The van der Waals surface area contributed by atoms with Crippen molar-refractivity contribution in [3.8, 4) is 0 Å². The van der Waals surface area contributed by atoms with E-state index in [0.29, 0.717) is 25.9 Å². The van der Waals surface area contributed by atoms with Crippen molar-refractivity contribution in [3.63, 3.8) is 0 Å². The van der Waals surface area contributed by atoms with Crippen LogP contribution in [0, 0.1) is 0 Å². The number of hydrogen-bond donors (Lipinski definition) is 1. The van der Waals surface area contributed by atoms with Crippen molar-refractivity contribution in [2.45, 2.75) is 90.6 Å². The van der Waals surface area contributed by atoms with Crippen LogP contribution in [0.25, 0.3) is 0 Å². The maximum Gasteiger partial charge on any atom is 0.342 e. The minimum Gasteiger partial charge on any atom is -0.390 e. The van der Waals surface area contributed by atoms with Crippen LogP contribution in [0.5, 0.6) is 0 Å². The predicted molar refractivity (Wildman–Crippen MR) is 80.2 cm³/mol. The largest absolute Gasteiger partial charge is 0.390 e. The summed E-state index contributed by atoms with van der Waals surface area (Å²) in [5, 5.41) is 9.48. The highest BCUT2D eigenvalue weighted by molar-refractivity contribution is 5.68. The van der Waals surface area contributed by atoms with E-state index < -0.39 is 5.60 Å². The van der Waals surface area contributed by atoms with Gasteiger partial charge in [-0.2, -0.15) is 4.89 Å². The lowest BCUT2D eigenvalue weighted by Gasteiger charge is -2.15. The molecule has 20 heavy (non-hydrogen) atoms. The zero-order valence-corrected chi connectivity index (χ0v) is 13.5. The lowest BCUT2D eigenvalue weighted by atomic mass is 10.0. The predicted octanol–water partition coefficient (Wildman–Crippen LogP) is 4.15. The molecule has 0 aromatic heterocycles. The van der Waals surface area contributed by atoms with E-state index in [2.05, 4.69) is 11.8 Å². The summed E-state index contributed by atoms with van der Waals surface area (Å²) in [7, 11) is 0. The Labute approximate surface area is 123 Å². The van der Waals surface area contributed by atoms with E-state index in [9.17, 15) is 9.90 Å². The minimum atomic E-state index is -0.689. The first kappa shape index (κ1) is 19.4. The summed E-state index contributed by atoms with van der Waals surface area (Å²) in [5.41, 5.74) is -0.689. The third kappa shape index (κ3) is 15.4. The number of unbranched alkanes of at least 4 members (excludes halogenated alkanes) is 6. The minimum absolute atomic E-state index is 0.290. The van der Waals surface area contributed by atoms with Gasteiger partial charge in [0.25, 0.3) is 0 Å². The molecular formula is C16H32O4.